The number of sulfonamides is 2. The van der Waals surface area contributed by atoms with Crippen molar-refractivity contribution in [3.63, 3.8) is 0 Å². The van der Waals surface area contributed by atoms with Crippen LogP contribution in [0.5, 0.6) is 0 Å². The number of rotatable bonds is 10. The maximum atomic E-state index is 13.0. The van der Waals surface area contributed by atoms with Crippen LogP contribution < -0.4 is 9.44 Å². The Kier molecular flexibility index (Phi) is 13.8. The number of nitrogens with zero attached hydrogens (tertiary/aromatic N) is 3. The number of aromatic nitrogens is 2. The molecule has 15 heteroatoms. The molecule has 59 heavy (non-hydrogen) atoms. The number of hydrogen-bond donors (Lipinski definition) is 2. The SMILES string of the molecule is C=[N+](C)C.COC(=O)C1CCC(NS(=O)(=O)c2ccc3c(C)c(C4CC4)n(C)c3c2)CC1.COC(=O)C1CCC(NS(=O)(=O)c2ccc3cc(C4CC4)n(C)c3c2)CC1. The van der Waals surface area contributed by atoms with E-state index in [-0.39, 0.29) is 35.9 Å². The van der Waals surface area contributed by atoms with E-state index in [1.54, 1.807) is 28.8 Å². The molecule has 2 heterocycles. The van der Waals surface area contributed by atoms with Crippen molar-refractivity contribution in [3.05, 3.63) is 59.4 Å². The van der Waals surface area contributed by atoms with Crippen LogP contribution in [0, 0.1) is 18.8 Å². The number of nitrogens with one attached hydrogen (secondary N) is 2. The molecule has 13 nitrogen and oxygen atoms in total. The number of ether oxygens (including phenoxy) is 2. The Morgan fingerprint density at radius 1 is 0.661 bits per heavy atom. The molecule has 0 saturated heterocycles. The average molecular weight is 853 g/mol. The van der Waals surface area contributed by atoms with Gasteiger partial charge in [-0.2, -0.15) is 0 Å². The van der Waals surface area contributed by atoms with Crippen LogP contribution in [0.2, 0.25) is 0 Å². The van der Waals surface area contributed by atoms with Crippen molar-refractivity contribution in [2.75, 3.05) is 28.3 Å². The van der Waals surface area contributed by atoms with Crippen LogP contribution in [0.15, 0.2) is 52.3 Å². The second-order valence-corrected chi connectivity index (χ2v) is 20.5. The van der Waals surface area contributed by atoms with E-state index in [9.17, 15) is 26.4 Å². The van der Waals surface area contributed by atoms with Crippen molar-refractivity contribution < 1.29 is 40.5 Å². The van der Waals surface area contributed by atoms with Gasteiger partial charge in [0.2, 0.25) is 20.0 Å². The van der Waals surface area contributed by atoms with Crippen LogP contribution in [-0.2, 0) is 53.2 Å². The molecule has 4 saturated carbocycles. The maximum Gasteiger partial charge on any atom is 0.308 e. The van der Waals surface area contributed by atoms with E-state index < -0.39 is 20.0 Å². The molecule has 4 aliphatic rings. The van der Waals surface area contributed by atoms with Gasteiger partial charge < -0.3 is 18.6 Å². The van der Waals surface area contributed by atoms with E-state index in [4.69, 9.17) is 9.47 Å². The van der Waals surface area contributed by atoms with E-state index in [0.29, 0.717) is 73.0 Å². The highest BCUT2D eigenvalue weighted by Gasteiger charge is 2.33. The van der Waals surface area contributed by atoms with Crippen LogP contribution in [0.25, 0.3) is 21.8 Å². The number of methoxy groups -OCH3 is 2. The highest BCUT2D eigenvalue weighted by Crippen LogP contribution is 2.45. The minimum Gasteiger partial charge on any atom is -0.469 e. The molecular formula is C44H62N5O8S2+. The molecule has 2 aromatic heterocycles. The minimum absolute atomic E-state index is 0.115. The number of benzene rings is 2. The fraction of sp³-hybridized carbons (Fsp3) is 0.568. The summed E-state index contributed by atoms with van der Waals surface area (Å²) >= 11 is 0. The summed E-state index contributed by atoms with van der Waals surface area (Å²) in [5.41, 5.74) is 5.80. The summed E-state index contributed by atoms with van der Waals surface area (Å²) in [6.07, 6.45) is 10.1. The number of hydrogen-bond acceptors (Lipinski definition) is 8. The number of fused-ring (bicyclic) bond motifs is 2. The molecule has 4 aromatic rings. The summed E-state index contributed by atoms with van der Waals surface area (Å²) in [5.74, 6) is 0.603. The van der Waals surface area contributed by atoms with Gasteiger partial charge in [0.15, 0.2) is 0 Å². The number of carbonyl (C=O) groups is 2. The number of esters is 2. The zero-order chi connectivity index (χ0) is 42.8. The zero-order valence-electron chi connectivity index (χ0n) is 35.6. The van der Waals surface area contributed by atoms with Crippen molar-refractivity contribution in [2.24, 2.45) is 25.9 Å². The quantitative estimate of drug-likeness (QED) is 0.106. The lowest BCUT2D eigenvalue weighted by Crippen LogP contribution is -2.38. The van der Waals surface area contributed by atoms with Crippen LogP contribution in [0.4, 0.5) is 0 Å². The average Bonchev–Trinajstić information content (AvgIpc) is 4.16. The highest BCUT2D eigenvalue weighted by molar-refractivity contribution is 7.89. The fourth-order valence-corrected chi connectivity index (χ4v) is 11.4. The molecule has 8 rings (SSSR count). The van der Waals surface area contributed by atoms with Gasteiger partial charge in [0.1, 0.15) is 20.8 Å². The first-order valence-electron chi connectivity index (χ1n) is 20.8. The summed E-state index contributed by atoms with van der Waals surface area (Å²) in [7, 11) is 3.42. The summed E-state index contributed by atoms with van der Waals surface area (Å²) in [6.45, 7) is 5.60. The van der Waals surface area contributed by atoms with Gasteiger partial charge in [0.05, 0.1) is 35.8 Å². The lowest BCUT2D eigenvalue weighted by Gasteiger charge is -2.27. The number of carbonyl (C=O) groups excluding carboxylic acids is 2. The third-order valence-electron chi connectivity index (χ3n) is 12.3. The molecule has 2 N–H and O–H groups in total. The van der Waals surface area contributed by atoms with Gasteiger partial charge in [-0.1, -0.05) is 12.1 Å². The second-order valence-electron chi connectivity index (χ2n) is 17.1. The Bertz CT molecular complexity index is 2410. The van der Waals surface area contributed by atoms with E-state index in [2.05, 4.69) is 38.3 Å². The first-order chi connectivity index (χ1) is 27.9. The van der Waals surface area contributed by atoms with Crippen LogP contribution in [0.3, 0.4) is 0 Å². The third kappa shape index (κ3) is 10.5. The van der Waals surface area contributed by atoms with E-state index in [1.807, 2.05) is 40.3 Å². The lowest BCUT2D eigenvalue weighted by atomic mass is 9.86. The Balaban J connectivity index is 0.000000182. The van der Waals surface area contributed by atoms with Crippen LogP contribution >= 0.6 is 0 Å². The van der Waals surface area contributed by atoms with Gasteiger partial charge in [0, 0.05) is 54.0 Å². The third-order valence-corrected chi connectivity index (χ3v) is 15.3. The smallest absolute Gasteiger partial charge is 0.308 e. The maximum absolute atomic E-state index is 13.0. The molecule has 0 bridgehead atoms. The first kappa shape index (κ1) is 44.5. The topological polar surface area (TPSA) is 158 Å². The van der Waals surface area contributed by atoms with Crippen LogP contribution in [0.1, 0.15) is 106 Å². The molecule has 0 amide bonds. The number of aryl methyl sites for hydroxylation is 3. The van der Waals surface area contributed by atoms with Gasteiger partial charge >= 0.3 is 11.9 Å². The van der Waals surface area contributed by atoms with Gasteiger partial charge in [-0.15, -0.1) is 0 Å². The molecule has 0 radical (unpaired) electrons. The fourth-order valence-electron chi connectivity index (χ4n) is 8.80. The summed E-state index contributed by atoms with van der Waals surface area (Å²) in [4.78, 5) is 23.9. The molecule has 322 valence electrons. The van der Waals surface area contributed by atoms with Gasteiger partial charge in [0.25, 0.3) is 0 Å². The molecule has 4 aliphatic carbocycles. The van der Waals surface area contributed by atoms with Crippen molar-refractivity contribution >= 4 is 60.5 Å². The van der Waals surface area contributed by atoms with Gasteiger partial charge in [-0.05, 0) is 137 Å². The van der Waals surface area contributed by atoms with Gasteiger partial charge in [-0.25, -0.2) is 30.9 Å². The summed E-state index contributed by atoms with van der Waals surface area (Å²) < 4.78 is 72.9. The summed E-state index contributed by atoms with van der Waals surface area (Å²) in [5, 5.41) is 2.21. The molecule has 0 aliphatic heterocycles. The Hall–Kier alpha value is -4.05. The van der Waals surface area contributed by atoms with E-state index in [0.717, 1.165) is 21.8 Å². The predicted molar refractivity (Wildman–Crippen MR) is 230 cm³/mol. The van der Waals surface area contributed by atoms with Gasteiger partial charge in [-0.3, -0.25) is 9.59 Å². The molecule has 4 fully saturated rings. The predicted octanol–water partition coefficient (Wildman–Crippen LogP) is 6.40. The lowest BCUT2D eigenvalue weighted by molar-refractivity contribution is -0.454. The molecule has 0 unspecified atom stereocenters. The minimum atomic E-state index is -3.60. The Morgan fingerprint density at radius 2 is 1.10 bits per heavy atom. The monoisotopic (exact) mass is 852 g/mol. The van der Waals surface area contributed by atoms with Crippen molar-refractivity contribution in [3.8, 4) is 0 Å². The second kappa shape index (κ2) is 18.3. The van der Waals surface area contributed by atoms with Crippen molar-refractivity contribution in [1.29, 1.82) is 0 Å². The Morgan fingerprint density at radius 3 is 1.54 bits per heavy atom. The van der Waals surface area contributed by atoms with E-state index in [1.165, 1.54) is 56.9 Å². The van der Waals surface area contributed by atoms with E-state index >= 15 is 0 Å². The zero-order valence-corrected chi connectivity index (χ0v) is 37.3. The highest BCUT2D eigenvalue weighted by atomic mass is 32.2. The summed E-state index contributed by atoms with van der Waals surface area (Å²) in [6, 6.07) is 12.7. The van der Waals surface area contributed by atoms with Crippen molar-refractivity contribution in [2.45, 2.75) is 118 Å². The molecule has 2 aromatic carbocycles. The first-order valence-corrected chi connectivity index (χ1v) is 23.8. The van der Waals surface area contributed by atoms with Crippen LogP contribution in [-0.4, -0.2) is 89.6 Å². The standard InChI is InChI=1S/C21H28N2O4S.C20H26N2O4S.C3H8N/c1-13-18-11-10-17(12-19(18)23(2)20(13)14-4-5-14)28(25,26)22-16-8-6-15(7-9-16)21(24)27-3;1-22-18(13-3-4-13)11-15-7-10-17(12-19(15)22)27(24,25)21-16-8-5-14(6-9-16)20(23)26-2;1-4(2)3/h10-12,14-16,22H,4-9H2,1-3H3;7,10-14,16,21H,3-6,8-9H2,1-2H3;1H2,2-3H3/q;;+1. The Labute approximate surface area is 349 Å². The molecule has 0 atom stereocenters. The normalized spacial score (nSPS) is 22.2. The molecular weight excluding hydrogens is 791 g/mol. The van der Waals surface area contributed by atoms with Crippen molar-refractivity contribution in [1.82, 2.24) is 18.6 Å². The largest absolute Gasteiger partial charge is 0.469 e. The molecule has 0 spiro atoms.